The topological polar surface area (TPSA) is 160 Å². The van der Waals surface area contributed by atoms with Crippen molar-refractivity contribution in [3.63, 3.8) is 0 Å². The van der Waals surface area contributed by atoms with Crippen LogP contribution in [0.15, 0.2) is 18.6 Å². The Morgan fingerprint density at radius 3 is 2.46 bits per heavy atom. The first-order valence-electron chi connectivity index (χ1n) is 13.7. The van der Waals surface area contributed by atoms with Gasteiger partial charge in [-0.1, -0.05) is 0 Å². The number of rotatable bonds is 13. The van der Waals surface area contributed by atoms with Crippen LogP contribution in [0.3, 0.4) is 0 Å². The Hall–Kier alpha value is -2.53. The van der Waals surface area contributed by atoms with Crippen molar-refractivity contribution in [3.8, 4) is 0 Å². The lowest BCUT2D eigenvalue weighted by Gasteiger charge is -2.35. The van der Waals surface area contributed by atoms with Crippen LogP contribution in [-0.2, 0) is 34.9 Å². The summed E-state index contributed by atoms with van der Waals surface area (Å²) in [6.45, 7) is 7.03. The third-order valence-electron chi connectivity index (χ3n) is 7.17. The van der Waals surface area contributed by atoms with Gasteiger partial charge in [0.15, 0.2) is 5.65 Å². The predicted molar refractivity (Wildman–Crippen MR) is 147 cm³/mol. The molecule has 2 saturated carbocycles. The number of fused-ring (bicyclic) bond motifs is 1. The summed E-state index contributed by atoms with van der Waals surface area (Å²) in [5.41, 5.74) is 6.44. The molecule has 216 valence electrons. The van der Waals surface area contributed by atoms with E-state index in [9.17, 15) is 14.2 Å². The largest absolute Gasteiger partial charge is 0.461 e. The van der Waals surface area contributed by atoms with E-state index < -0.39 is 37.1 Å². The number of nitrogens with two attached hydrogens (primary N) is 1. The van der Waals surface area contributed by atoms with Gasteiger partial charge >= 0.3 is 11.9 Å². The maximum Gasteiger partial charge on any atom is 0.326 e. The monoisotopic (exact) mass is 564 g/mol. The molecule has 4 rings (SSSR count). The molecule has 2 heterocycles. The molecule has 0 radical (unpaired) electrons. The number of hydrogen-bond acceptors (Lipinski definition) is 9. The molecule has 0 spiro atoms. The van der Waals surface area contributed by atoms with Crippen LogP contribution in [0, 0.1) is 0 Å². The SMILES string of the molecule is C[C@H](Cn1cnc2c(N)ccnc21)OCP(=O)(N[C@H](C)C(=O)OC1CCCC1)NC(C)(C)C(=O)OC1CCC1. The number of nitrogens with one attached hydrogen (secondary N) is 2. The molecule has 3 atom stereocenters. The van der Waals surface area contributed by atoms with E-state index in [-0.39, 0.29) is 18.6 Å². The molecule has 0 saturated heterocycles. The number of ether oxygens (including phenoxy) is 3. The third-order valence-corrected chi connectivity index (χ3v) is 9.40. The Bertz CT molecular complexity index is 1210. The highest BCUT2D eigenvalue weighted by Crippen LogP contribution is 2.41. The summed E-state index contributed by atoms with van der Waals surface area (Å²) in [5.74, 6) is -0.989. The highest BCUT2D eigenvalue weighted by molar-refractivity contribution is 7.59. The summed E-state index contributed by atoms with van der Waals surface area (Å²) in [6, 6.07) is 0.801. The van der Waals surface area contributed by atoms with E-state index in [1.165, 1.54) is 0 Å². The van der Waals surface area contributed by atoms with Crippen molar-refractivity contribution in [1.29, 1.82) is 0 Å². The van der Waals surface area contributed by atoms with Crippen LogP contribution in [0.4, 0.5) is 5.69 Å². The van der Waals surface area contributed by atoms with E-state index >= 15 is 0 Å². The smallest absolute Gasteiger partial charge is 0.326 e. The molecule has 39 heavy (non-hydrogen) atoms. The van der Waals surface area contributed by atoms with Crippen molar-refractivity contribution in [3.05, 3.63) is 18.6 Å². The first-order valence-corrected chi connectivity index (χ1v) is 15.6. The van der Waals surface area contributed by atoms with E-state index in [1.54, 1.807) is 39.4 Å². The number of nitrogen functional groups attached to an aromatic ring is 1. The van der Waals surface area contributed by atoms with E-state index in [4.69, 9.17) is 19.9 Å². The molecule has 2 aromatic rings. The van der Waals surface area contributed by atoms with Crippen molar-refractivity contribution in [2.24, 2.45) is 0 Å². The maximum absolute atomic E-state index is 14.2. The molecule has 2 aromatic heterocycles. The fraction of sp³-hybridized carbons (Fsp3) is 0.692. The fourth-order valence-electron chi connectivity index (χ4n) is 4.70. The summed E-state index contributed by atoms with van der Waals surface area (Å²) in [5, 5.41) is 5.84. The van der Waals surface area contributed by atoms with Crippen molar-refractivity contribution in [2.75, 3.05) is 12.1 Å². The van der Waals surface area contributed by atoms with Gasteiger partial charge in [0.2, 0.25) is 7.44 Å². The number of anilines is 1. The van der Waals surface area contributed by atoms with Gasteiger partial charge in [0, 0.05) is 6.20 Å². The van der Waals surface area contributed by atoms with Crippen molar-refractivity contribution in [1.82, 2.24) is 24.7 Å². The molecule has 4 N–H and O–H groups in total. The summed E-state index contributed by atoms with van der Waals surface area (Å²) in [7, 11) is -3.67. The third kappa shape index (κ3) is 7.57. The number of pyridine rings is 1. The number of carbonyl (C=O) groups is 2. The second-order valence-corrected chi connectivity index (χ2v) is 13.4. The fourth-order valence-corrected chi connectivity index (χ4v) is 7.10. The van der Waals surface area contributed by atoms with Crippen LogP contribution in [-0.4, -0.2) is 62.7 Å². The van der Waals surface area contributed by atoms with Gasteiger partial charge < -0.3 is 24.5 Å². The van der Waals surface area contributed by atoms with Crippen molar-refractivity contribution >= 4 is 36.2 Å². The van der Waals surface area contributed by atoms with E-state index in [0.29, 0.717) is 23.4 Å². The molecule has 0 aromatic carbocycles. The normalized spacial score (nSPS) is 19.8. The molecule has 2 fully saturated rings. The minimum absolute atomic E-state index is 0.116. The lowest BCUT2D eigenvalue weighted by molar-refractivity contribution is -0.159. The number of hydrogen-bond donors (Lipinski definition) is 3. The second-order valence-electron chi connectivity index (χ2n) is 11.2. The summed E-state index contributed by atoms with van der Waals surface area (Å²) in [4.78, 5) is 34.4. The Kier molecular flexibility index (Phi) is 9.31. The van der Waals surface area contributed by atoms with Crippen molar-refractivity contribution < 1.29 is 28.4 Å². The van der Waals surface area contributed by atoms with Crippen LogP contribution < -0.4 is 15.9 Å². The highest BCUT2D eigenvalue weighted by Gasteiger charge is 2.41. The van der Waals surface area contributed by atoms with Gasteiger partial charge in [-0.2, -0.15) is 0 Å². The summed E-state index contributed by atoms with van der Waals surface area (Å²) >= 11 is 0. The zero-order chi connectivity index (χ0) is 28.2. The Labute approximate surface area is 229 Å². The molecular weight excluding hydrogens is 523 g/mol. The van der Waals surface area contributed by atoms with Crippen LogP contribution in [0.1, 0.15) is 72.6 Å². The van der Waals surface area contributed by atoms with Crippen LogP contribution in [0.25, 0.3) is 11.2 Å². The lowest BCUT2D eigenvalue weighted by Crippen LogP contribution is -2.51. The van der Waals surface area contributed by atoms with Gasteiger partial charge in [-0.25, -0.2) is 20.1 Å². The Morgan fingerprint density at radius 1 is 1.13 bits per heavy atom. The minimum Gasteiger partial charge on any atom is -0.461 e. The van der Waals surface area contributed by atoms with Crippen LogP contribution in [0.5, 0.6) is 0 Å². The average Bonchev–Trinajstić information content (AvgIpc) is 3.50. The van der Waals surface area contributed by atoms with Gasteiger partial charge in [-0.3, -0.25) is 14.2 Å². The average molecular weight is 565 g/mol. The number of esters is 2. The molecule has 0 aliphatic heterocycles. The number of imidazole rings is 1. The molecular formula is C26H41N6O6P. The molecule has 0 amide bonds. The molecule has 12 nitrogen and oxygen atoms in total. The number of carbonyl (C=O) groups excluding carboxylic acids is 2. The number of nitrogens with zero attached hydrogens (tertiary/aromatic N) is 3. The van der Waals surface area contributed by atoms with E-state index in [0.717, 1.165) is 44.9 Å². The maximum atomic E-state index is 14.2. The standard InChI is InChI=1S/C26H41N6O6P/c1-17(14-32-15-29-22-21(27)12-13-28-23(22)32)36-16-39(35,30-18(2)24(33)37-19-8-5-6-9-19)31-26(3,4)25(34)38-20-10-7-11-20/h12-13,15,17-20H,5-11,14,16H2,1-4H3,(H2,27,28)(H2,30,31,35)/t17-,18-,39?/m1/s1. The molecule has 1 unspecified atom stereocenters. The van der Waals surface area contributed by atoms with Crippen LogP contribution >= 0.6 is 7.44 Å². The van der Waals surface area contributed by atoms with Gasteiger partial charge in [-0.15, -0.1) is 0 Å². The Balaban J connectivity index is 1.43. The first-order chi connectivity index (χ1) is 18.5. The number of aromatic nitrogens is 3. The van der Waals surface area contributed by atoms with E-state index in [1.807, 2.05) is 11.5 Å². The highest BCUT2D eigenvalue weighted by atomic mass is 31.2. The molecule has 0 bridgehead atoms. The summed E-state index contributed by atoms with van der Waals surface area (Å²) in [6.07, 6.45) is 8.70. The van der Waals surface area contributed by atoms with Gasteiger partial charge in [-0.05, 0) is 78.7 Å². The zero-order valence-corrected chi connectivity index (χ0v) is 24.1. The van der Waals surface area contributed by atoms with Gasteiger partial charge in [0.25, 0.3) is 0 Å². The second kappa shape index (κ2) is 12.3. The Morgan fingerprint density at radius 2 is 1.79 bits per heavy atom. The predicted octanol–water partition coefficient (Wildman–Crippen LogP) is 3.50. The van der Waals surface area contributed by atoms with E-state index in [2.05, 4.69) is 20.1 Å². The first kappa shape index (κ1) is 29.5. The van der Waals surface area contributed by atoms with Crippen LogP contribution in [0.2, 0.25) is 0 Å². The molecule has 2 aliphatic rings. The lowest BCUT2D eigenvalue weighted by atomic mass is 9.96. The quantitative estimate of drug-likeness (QED) is 0.241. The van der Waals surface area contributed by atoms with Gasteiger partial charge in [0.05, 0.1) is 24.7 Å². The zero-order valence-electron chi connectivity index (χ0n) is 23.2. The van der Waals surface area contributed by atoms with Gasteiger partial charge in [0.1, 0.15) is 35.7 Å². The van der Waals surface area contributed by atoms with Crippen molar-refractivity contribution in [2.45, 2.75) is 109 Å². The molecule has 2 aliphatic carbocycles. The molecule has 13 heteroatoms. The summed E-state index contributed by atoms with van der Waals surface area (Å²) < 4.78 is 33.2. The minimum atomic E-state index is -3.67.